The summed E-state index contributed by atoms with van der Waals surface area (Å²) >= 11 is 13.7. The SMILES string of the molecule is O=c1/c(=C/c2cc(Cl)c(OCc3ccc(I)cc3)c(Br)c2)sc2nc3ccccc3n12. The van der Waals surface area contributed by atoms with Gasteiger partial charge in [-0.05, 0) is 92.1 Å². The lowest BCUT2D eigenvalue weighted by molar-refractivity contribution is 0.304. The van der Waals surface area contributed by atoms with Gasteiger partial charge in [0.1, 0.15) is 6.61 Å². The van der Waals surface area contributed by atoms with Crippen LogP contribution in [0.1, 0.15) is 11.1 Å². The molecule has 0 fully saturated rings. The number of benzene rings is 3. The van der Waals surface area contributed by atoms with E-state index in [9.17, 15) is 4.79 Å². The average molecular weight is 624 g/mol. The molecule has 2 heterocycles. The Balaban J connectivity index is 1.48. The maximum atomic E-state index is 13.0. The van der Waals surface area contributed by atoms with Gasteiger partial charge in [0.25, 0.3) is 5.56 Å². The van der Waals surface area contributed by atoms with Crippen molar-refractivity contribution >= 4 is 83.5 Å². The van der Waals surface area contributed by atoms with E-state index in [0.29, 0.717) is 26.9 Å². The molecule has 0 radical (unpaired) electrons. The molecule has 0 aliphatic carbocycles. The summed E-state index contributed by atoms with van der Waals surface area (Å²) in [4.78, 5) is 18.2. The number of ether oxygens (including phenoxy) is 1. The normalized spacial score (nSPS) is 12.2. The minimum atomic E-state index is -0.0834. The Labute approximate surface area is 208 Å². The van der Waals surface area contributed by atoms with Gasteiger partial charge in [0, 0.05) is 3.57 Å². The number of hydrogen-bond donors (Lipinski definition) is 0. The van der Waals surface area contributed by atoms with Crippen LogP contribution in [0.3, 0.4) is 0 Å². The highest BCUT2D eigenvalue weighted by atomic mass is 127. The van der Waals surface area contributed by atoms with Crippen molar-refractivity contribution in [2.45, 2.75) is 6.61 Å². The summed E-state index contributed by atoms with van der Waals surface area (Å²) in [7, 11) is 0. The predicted molar refractivity (Wildman–Crippen MR) is 138 cm³/mol. The molecule has 154 valence electrons. The Bertz CT molecular complexity index is 1520. The Morgan fingerprint density at radius 3 is 2.71 bits per heavy atom. The number of para-hydroxylation sites is 2. The van der Waals surface area contributed by atoms with Gasteiger partial charge in [0.2, 0.25) is 0 Å². The van der Waals surface area contributed by atoms with Crippen LogP contribution in [0.2, 0.25) is 5.02 Å². The van der Waals surface area contributed by atoms with Gasteiger partial charge >= 0.3 is 0 Å². The fourth-order valence-corrected chi connectivity index (χ4v) is 5.64. The molecule has 2 aromatic heterocycles. The average Bonchev–Trinajstić information content (AvgIpc) is 3.25. The van der Waals surface area contributed by atoms with Crippen molar-refractivity contribution in [2.24, 2.45) is 0 Å². The number of imidazole rings is 1. The molecule has 31 heavy (non-hydrogen) atoms. The lowest BCUT2D eigenvalue weighted by Gasteiger charge is -2.11. The summed E-state index contributed by atoms with van der Waals surface area (Å²) in [5, 5.41) is 0.477. The lowest BCUT2D eigenvalue weighted by Crippen LogP contribution is -2.22. The van der Waals surface area contributed by atoms with Crippen LogP contribution in [0, 0.1) is 3.57 Å². The molecule has 0 N–H and O–H groups in total. The van der Waals surface area contributed by atoms with Gasteiger partial charge in [-0.15, -0.1) is 0 Å². The molecule has 0 amide bonds. The quantitative estimate of drug-likeness (QED) is 0.229. The highest BCUT2D eigenvalue weighted by molar-refractivity contribution is 14.1. The summed E-state index contributed by atoms with van der Waals surface area (Å²) < 4.78 is 10.1. The topological polar surface area (TPSA) is 43.6 Å². The molecule has 0 spiro atoms. The minimum absolute atomic E-state index is 0.0834. The monoisotopic (exact) mass is 622 g/mol. The number of aromatic nitrogens is 2. The van der Waals surface area contributed by atoms with E-state index in [1.807, 2.05) is 60.7 Å². The molecule has 0 bridgehead atoms. The number of nitrogens with zero attached hydrogens (tertiary/aromatic N) is 2. The molecule has 3 aromatic carbocycles. The van der Waals surface area contributed by atoms with Crippen molar-refractivity contribution < 1.29 is 4.74 Å². The molecular formula is C23H13BrClIN2O2S. The summed E-state index contributed by atoms with van der Waals surface area (Å²) in [6.45, 7) is 0.415. The first kappa shape index (κ1) is 20.9. The third-order valence-electron chi connectivity index (χ3n) is 4.76. The number of thiazole rings is 1. The Morgan fingerprint density at radius 1 is 1.16 bits per heavy atom. The van der Waals surface area contributed by atoms with Crippen LogP contribution in [-0.2, 0) is 6.61 Å². The molecule has 5 rings (SSSR count). The second kappa shape index (κ2) is 8.54. The van der Waals surface area contributed by atoms with Crippen molar-refractivity contribution in [3.63, 3.8) is 0 Å². The van der Waals surface area contributed by atoms with Crippen LogP contribution in [0.15, 0.2) is 69.9 Å². The van der Waals surface area contributed by atoms with Gasteiger partial charge < -0.3 is 4.74 Å². The van der Waals surface area contributed by atoms with Crippen molar-refractivity contribution in [3.8, 4) is 5.75 Å². The third-order valence-corrected chi connectivity index (χ3v) is 7.32. The molecule has 0 unspecified atom stereocenters. The van der Waals surface area contributed by atoms with Gasteiger partial charge in [-0.1, -0.05) is 47.2 Å². The van der Waals surface area contributed by atoms with E-state index < -0.39 is 0 Å². The molecular weight excluding hydrogens is 611 g/mol. The first-order valence-corrected chi connectivity index (χ1v) is 12.3. The number of rotatable bonds is 4. The third kappa shape index (κ3) is 4.11. The molecule has 0 saturated carbocycles. The van der Waals surface area contributed by atoms with Crippen molar-refractivity contribution in [3.05, 3.63) is 99.7 Å². The summed E-state index contributed by atoms with van der Waals surface area (Å²) in [5.41, 5.74) is 3.42. The number of halogens is 3. The first-order chi connectivity index (χ1) is 15.0. The van der Waals surface area contributed by atoms with Crippen LogP contribution in [0.5, 0.6) is 5.75 Å². The van der Waals surface area contributed by atoms with Gasteiger partial charge in [0.15, 0.2) is 10.7 Å². The van der Waals surface area contributed by atoms with Gasteiger partial charge in [-0.2, -0.15) is 0 Å². The fraction of sp³-hybridized carbons (Fsp3) is 0.0435. The van der Waals surface area contributed by atoms with Gasteiger partial charge in [0.05, 0.1) is 25.1 Å². The van der Waals surface area contributed by atoms with E-state index in [0.717, 1.165) is 26.6 Å². The smallest absolute Gasteiger partial charge is 0.274 e. The molecule has 8 heteroatoms. The van der Waals surface area contributed by atoms with Gasteiger partial charge in [-0.3, -0.25) is 4.79 Å². The van der Waals surface area contributed by atoms with E-state index in [-0.39, 0.29) is 5.56 Å². The highest BCUT2D eigenvalue weighted by Crippen LogP contribution is 2.35. The van der Waals surface area contributed by atoms with Crippen LogP contribution in [0.25, 0.3) is 22.1 Å². The van der Waals surface area contributed by atoms with Crippen LogP contribution in [-0.4, -0.2) is 9.38 Å². The van der Waals surface area contributed by atoms with Crippen molar-refractivity contribution in [2.75, 3.05) is 0 Å². The summed E-state index contributed by atoms with van der Waals surface area (Å²) in [6.07, 6.45) is 1.83. The minimum Gasteiger partial charge on any atom is -0.486 e. The van der Waals surface area contributed by atoms with Crippen LogP contribution >= 0.6 is 61.5 Å². The van der Waals surface area contributed by atoms with E-state index in [4.69, 9.17) is 16.3 Å². The number of fused-ring (bicyclic) bond motifs is 3. The standard InChI is InChI=1S/C23H13BrClIN2O2S/c24-16-9-14(10-17(25)21(16)30-12-13-5-7-15(26)8-6-13)11-20-22(29)28-19-4-2-1-3-18(19)27-23(28)31-20/h1-11H,12H2/b20-11-. The maximum Gasteiger partial charge on any atom is 0.274 e. The predicted octanol–water partition coefficient (Wildman–Crippen LogP) is 6.06. The van der Waals surface area contributed by atoms with E-state index in [2.05, 4.69) is 43.5 Å². The van der Waals surface area contributed by atoms with Crippen LogP contribution in [0.4, 0.5) is 0 Å². The van der Waals surface area contributed by atoms with E-state index >= 15 is 0 Å². The van der Waals surface area contributed by atoms with E-state index in [1.165, 1.54) is 14.9 Å². The first-order valence-electron chi connectivity index (χ1n) is 9.27. The zero-order valence-electron chi connectivity index (χ0n) is 15.8. The highest BCUT2D eigenvalue weighted by Gasteiger charge is 2.12. The summed E-state index contributed by atoms with van der Waals surface area (Å²) in [5.74, 6) is 0.576. The Hall–Kier alpha value is -1.94. The molecule has 0 saturated heterocycles. The molecule has 0 aliphatic heterocycles. The molecule has 0 atom stereocenters. The Morgan fingerprint density at radius 2 is 1.94 bits per heavy atom. The lowest BCUT2D eigenvalue weighted by atomic mass is 10.2. The zero-order valence-corrected chi connectivity index (χ0v) is 21.1. The zero-order chi connectivity index (χ0) is 21.5. The number of hydrogen-bond acceptors (Lipinski definition) is 4. The van der Waals surface area contributed by atoms with Gasteiger partial charge in [-0.25, -0.2) is 9.38 Å². The second-order valence-corrected chi connectivity index (χ2v) is 10.4. The van der Waals surface area contributed by atoms with Crippen LogP contribution < -0.4 is 14.8 Å². The largest absolute Gasteiger partial charge is 0.486 e. The molecule has 4 nitrogen and oxygen atoms in total. The van der Waals surface area contributed by atoms with Crippen molar-refractivity contribution in [1.82, 2.24) is 9.38 Å². The second-order valence-electron chi connectivity index (χ2n) is 6.86. The molecule has 5 aromatic rings. The van der Waals surface area contributed by atoms with E-state index in [1.54, 1.807) is 10.5 Å². The maximum absolute atomic E-state index is 13.0. The Kier molecular flexibility index (Phi) is 5.76. The fourth-order valence-electron chi connectivity index (χ4n) is 3.30. The molecule has 0 aliphatic rings. The summed E-state index contributed by atoms with van der Waals surface area (Å²) in [6, 6.07) is 19.5. The van der Waals surface area contributed by atoms with Crippen molar-refractivity contribution in [1.29, 1.82) is 0 Å².